The number of aryl methyl sites for hydroxylation is 1. The lowest BCUT2D eigenvalue weighted by Gasteiger charge is -2.09. The predicted octanol–water partition coefficient (Wildman–Crippen LogP) is 2.41. The standard InChI is InChI=1S/C11H18N2O3S3/c1-5-7(2)6-9(14)13-19(15,16)10-8(3)12-11(17-4)18-10/h7H,5-6H2,1-4H3,(H,13,14). The third-order valence-corrected chi connectivity index (χ3v) is 6.76. The Labute approximate surface area is 122 Å². The zero-order valence-corrected chi connectivity index (χ0v) is 13.8. The van der Waals surface area contributed by atoms with Crippen LogP contribution in [-0.2, 0) is 14.8 Å². The van der Waals surface area contributed by atoms with Crippen molar-refractivity contribution in [3.8, 4) is 0 Å². The summed E-state index contributed by atoms with van der Waals surface area (Å²) in [5.74, 6) is -0.299. The molecule has 1 heterocycles. The first kappa shape index (κ1) is 16.5. The zero-order chi connectivity index (χ0) is 14.6. The van der Waals surface area contributed by atoms with Gasteiger partial charge in [-0.3, -0.25) is 4.79 Å². The second-order valence-corrected chi connectivity index (χ2v) is 8.23. The summed E-state index contributed by atoms with van der Waals surface area (Å²) < 4.78 is 27.1. The molecular weight excluding hydrogens is 304 g/mol. The van der Waals surface area contributed by atoms with Gasteiger partial charge in [0.15, 0.2) is 8.55 Å². The number of carbonyl (C=O) groups excluding carboxylic acids is 1. The molecule has 0 saturated carbocycles. The highest BCUT2D eigenvalue weighted by Gasteiger charge is 2.24. The lowest BCUT2D eigenvalue weighted by atomic mass is 10.1. The summed E-state index contributed by atoms with van der Waals surface area (Å²) in [4.78, 5) is 15.8. The van der Waals surface area contributed by atoms with Gasteiger partial charge in [-0.05, 0) is 19.1 Å². The number of amides is 1. The largest absolute Gasteiger partial charge is 0.275 e. The SMILES string of the molecule is CCC(C)CC(=O)NS(=O)(=O)c1sc(SC)nc1C. The van der Waals surface area contributed by atoms with Crippen LogP contribution in [0.1, 0.15) is 32.4 Å². The summed E-state index contributed by atoms with van der Waals surface area (Å²) in [5, 5.41) is 0. The van der Waals surface area contributed by atoms with Crippen LogP contribution in [-0.4, -0.2) is 25.6 Å². The third kappa shape index (κ3) is 4.47. The topological polar surface area (TPSA) is 76.1 Å². The van der Waals surface area contributed by atoms with E-state index in [2.05, 4.69) is 9.71 Å². The molecule has 1 unspecified atom stereocenters. The molecule has 1 N–H and O–H groups in total. The van der Waals surface area contributed by atoms with Crippen molar-refractivity contribution >= 4 is 39.0 Å². The predicted molar refractivity (Wildman–Crippen MR) is 78.0 cm³/mol. The Hall–Kier alpha value is -0.600. The van der Waals surface area contributed by atoms with Crippen LogP contribution < -0.4 is 4.72 Å². The molecule has 0 aromatic carbocycles. The molecule has 5 nitrogen and oxygen atoms in total. The number of nitrogens with one attached hydrogen (secondary N) is 1. The van der Waals surface area contributed by atoms with Gasteiger partial charge >= 0.3 is 0 Å². The average molecular weight is 322 g/mol. The van der Waals surface area contributed by atoms with E-state index in [0.717, 1.165) is 17.8 Å². The Morgan fingerprint density at radius 1 is 1.53 bits per heavy atom. The fourth-order valence-electron chi connectivity index (χ4n) is 1.39. The molecule has 0 aliphatic rings. The molecule has 0 bridgehead atoms. The fourth-order valence-corrected chi connectivity index (χ4v) is 4.61. The Morgan fingerprint density at radius 3 is 2.63 bits per heavy atom. The Morgan fingerprint density at radius 2 is 2.16 bits per heavy atom. The number of nitrogens with zero attached hydrogens (tertiary/aromatic N) is 1. The molecule has 1 rings (SSSR count). The van der Waals surface area contributed by atoms with Crippen LogP contribution in [0.4, 0.5) is 0 Å². The van der Waals surface area contributed by atoms with Crippen LogP contribution in [0.15, 0.2) is 8.55 Å². The number of aromatic nitrogens is 1. The summed E-state index contributed by atoms with van der Waals surface area (Å²) >= 11 is 2.47. The van der Waals surface area contributed by atoms with Gasteiger partial charge in [0.25, 0.3) is 10.0 Å². The molecule has 0 saturated heterocycles. The van der Waals surface area contributed by atoms with Crippen LogP contribution in [0.2, 0.25) is 0 Å². The van der Waals surface area contributed by atoms with E-state index in [1.165, 1.54) is 11.8 Å². The van der Waals surface area contributed by atoms with Crippen LogP contribution >= 0.6 is 23.1 Å². The van der Waals surface area contributed by atoms with Crippen LogP contribution in [0.25, 0.3) is 0 Å². The van der Waals surface area contributed by atoms with Crippen LogP contribution in [0.3, 0.4) is 0 Å². The first-order valence-electron chi connectivity index (χ1n) is 5.87. The van der Waals surface area contributed by atoms with Crippen molar-refractivity contribution in [3.05, 3.63) is 5.69 Å². The second-order valence-electron chi connectivity index (χ2n) is 4.30. The molecule has 8 heteroatoms. The number of hydrogen-bond acceptors (Lipinski definition) is 6. The van der Waals surface area contributed by atoms with Gasteiger partial charge in [0.05, 0.1) is 5.69 Å². The van der Waals surface area contributed by atoms with Gasteiger partial charge in [-0.25, -0.2) is 18.1 Å². The number of sulfonamides is 1. The summed E-state index contributed by atoms with van der Waals surface area (Å²) in [5.41, 5.74) is 0.429. The second kappa shape index (κ2) is 6.71. The molecule has 1 aromatic rings. The van der Waals surface area contributed by atoms with Gasteiger partial charge in [-0.2, -0.15) is 0 Å². The number of thioether (sulfide) groups is 1. The van der Waals surface area contributed by atoms with Crippen molar-refractivity contribution in [1.29, 1.82) is 0 Å². The molecule has 1 atom stereocenters. The van der Waals surface area contributed by atoms with E-state index < -0.39 is 15.9 Å². The van der Waals surface area contributed by atoms with E-state index in [4.69, 9.17) is 0 Å². The summed E-state index contributed by atoms with van der Waals surface area (Å²) in [6, 6.07) is 0. The van der Waals surface area contributed by atoms with E-state index in [-0.39, 0.29) is 16.5 Å². The quantitative estimate of drug-likeness (QED) is 0.814. The molecule has 0 radical (unpaired) electrons. The normalized spacial score (nSPS) is 13.3. The van der Waals surface area contributed by atoms with Crippen molar-refractivity contribution in [1.82, 2.24) is 9.71 Å². The smallest absolute Gasteiger partial charge is 0.274 e. The molecule has 1 aromatic heterocycles. The molecule has 0 fully saturated rings. The maximum absolute atomic E-state index is 12.1. The van der Waals surface area contributed by atoms with Gasteiger partial charge in [0.1, 0.15) is 0 Å². The van der Waals surface area contributed by atoms with Gasteiger partial charge in [0, 0.05) is 6.42 Å². The van der Waals surface area contributed by atoms with E-state index in [9.17, 15) is 13.2 Å². The Bertz CT molecular complexity index is 552. The minimum Gasteiger partial charge on any atom is -0.274 e. The number of thiazole rings is 1. The maximum atomic E-state index is 12.1. The van der Waals surface area contributed by atoms with E-state index in [0.29, 0.717) is 10.0 Å². The number of rotatable bonds is 6. The Kier molecular flexibility index (Phi) is 5.82. The minimum atomic E-state index is -3.79. The van der Waals surface area contributed by atoms with Gasteiger partial charge in [-0.1, -0.05) is 43.4 Å². The first-order valence-corrected chi connectivity index (χ1v) is 9.39. The molecular formula is C11H18N2O3S3. The van der Waals surface area contributed by atoms with Gasteiger partial charge in [-0.15, -0.1) is 0 Å². The number of hydrogen-bond donors (Lipinski definition) is 1. The highest BCUT2D eigenvalue weighted by Crippen LogP contribution is 2.28. The average Bonchev–Trinajstić information content (AvgIpc) is 2.70. The summed E-state index contributed by atoms with van der Waals surface area (Å²) in [6.07, 6.45) is 2.88. The van der Waals surface area contributed by atoms with E-state index >= 15 is 0 Å². The van der Waals surface area contributed by atoms with Gasteiger partial charge in [0.2, 0.25) is 5.91 Å². The van der Waals surface area contributed by atoms with Gasteiger partial charge < -0.3 is 0 Å². The lowest BCUT2D eigenvalue weighted by Crippen LogP contribution is -2.31. The molecule has 0 aliphatic carbocycles. The highest BCUT2D eigenvalue weighted by atomic mass is 32.3. The van der Waals surface area contributed by atoms with Crippen molar-refractivity contribution in [2.24, 2.45) is 5.92 Å². The van der Waals surface area contributed by atoms with Crippen LogP contribution in [0.5, 0.6) is 0 Å². The summed E-state index contributed by atoms with van der Waals surface area (Å²) in [6.45, 7) is 5.50. The monoisotopic (exact) mass is 322 g/mol. The van der Waals surface area contributed by atoms with Crippen molar-refractivity contribution < 1.29 is 13.2 Å². The number of carbonyl (C=O) groups is 1. The molecule has 1 amide bonds. The Balaban J connectivity index is 2.86. The molecule has 108 valence electrons. The van der Waals surface area contributed by atoms with E-state index in [1.807, 2.05) is 20.1 Å². The lowest BCUT2D eigenvalue weighted by molar-refractivity contribution is -0.120. The van der Waals surface area contributed by atoms with E-state index in [1.54, 1.807) is 6.92 Å². The zero-order valence-electron chi connectivity index (χ0n) is 11.4. The highest BCUT2D eigenvalue weighted by molar-refractivity contribution is 8.00. The molecule has 0 aliphatic heterocycles. The summed E-state index contributed by atoms with van der Waals surface area (Å²) in [7, 11) is -3.79. The fraction of sp³-hybridized carbons (Fsp3) is 0.636. The maximum Gasteiger partial charge on any atom is 0.275 e. The van der Waals surface area contributed by atoms with Crippen molar-refractivity contribution in [3.63, 3.8) is 0 Å². The van der Waals surface area contributed by atoms with Crippen molar-refractivity contribution in [2.45, 2.75) is 42.2 Å². The first-order chi connectivity index (χ1) is 8.80. The minimum absolute atomic E-state index is 0.120. The molecule has 19 heavy (non-hydrogen) atoms. The van der Waals surface area contributed by atoms with Crippen molar-refractivity contribution in [2.75, 3.05) is 6.26 Å². The molecule has 0 spiro atoms. The third-order valence-electron chi connectivity index (χ3n) is 2.63. The van der Waals surface area contributed by atoms with Crippen LogP contribution in [0, 0.1) is 12.8 Å².